The second kappa shape index (κ2) is 5.97. The minimum atomic E-state index is -0.101. The number of thioether (sulfide) groups is 1. The van der Waals surface area contributed by atoms with Gasteiger partial charge in [0.05, 0.1) is 15.7 Å². The van der Waals surface area contributed by atoms with Gasteiger partial charge in [-0.2, -0.15) is 0 Å². The Hall–Kier alpha value is -0.750. The van der Waals surface area contributed by atoms with Crippen LogP contribution in [0.25, 0.3) is 0 Å². The number of hydrogen-bond donors (Lipinski definition) is 2. The molecule has 0 aliphatic rings. The predicted octanol–water partition coefficient (Wildman–Crippen LogP) is 1.73. The SMILES string of the molecule is CCCNC(=O)C(C)Sc1cnc(N)s1. The molecule has 6 heteroatoms. The van der Waals surface area contributed by atoms with Gasteiger partial charge in [-0.3, -0.25) is 4.79 Å². The number of nitrogens with one attached hydrogen (secondary N) is 1. The summed E-state index contributed by atoms with van der Waals surface area (Å²) in [6, 6.07) is 0. The number of carbonyl (C=O) groups is 1. The Morgan fingerprint density at radius 2 is 2.53 bits per heavy atom. The number of nitrogens with zero attached hydrogens (tertiary/aromatic N) is 1. The summed E-state index contributed by atoms with van der Waals surface area (Å²) in [4.78, 5) is 15.5. The van der Waals surface area contributed by atoms with Gasteiger partial charge in [-0.05, 0) is 13.3 Å². The lowest BCUT2D eigenvalue weighted by molar-refractivity contribution is -0.120. The Morgan fingerprint density at radius 3 is 3.07 bits per heavy atom. The summed E-state index contributed by atoms with van der Waals surface area (Å²) in [7, 11) is 0. The Kier molecular flexibility index (Phi) is 4.90. The molecule has 0 aliphatic carbocycles. The lowest BCUT2D eigenvalue weighted by atomic mass is 10.4. The molecule has 15 heavy (non-hydrogen) atoms. The van der Waals surface area contributed by atoms with Crippen LogP contribution >= 0.6 is 23.1 Å². The number of amides is 1. The van der Waals surface area contributed by atoms with Gasteiger partial charge in [0.15, 0.2) is 5.13 Å². The van der Waals surface area contributed by atoms with E-state index in [-0.39, 0.29) is 11.2 Å². The van der Waals surface area contributed by atoms with E-state index in [2.05, 4.69) is 10.3 Å². The van der Waals surface area contributed by atoms with E-state index in [4.69, 9.17) is 5.73 Å². The lowest BCUT2D eigenvalue weighted by Crippen LogP contribution is -2.31. The maximum atomic E-state index is 11.5. The molecule has 84 valence electrons. The number of thiazole rings is 1. The summed E-state index contributed by atoms with van der Waals surface area (Å²) in [5.41, 5.74) is 5.50. The molecule has 0 saturated carbocycles. The minimum absolute atomic E-state index is 0.0637. The van der Waals surface area contributed by atoms with Crippen molar-refractivity contribution in [2.24, 2.45) is 0 Å². The van der Waals surface area contributed by atoms with Gasteiger partial charge in [0.25, 0.3) is 0 Å². The summed E-state index contributed by atoms with van der Waals surface area (Å²) < 4.78 is 0.978. The molecule has 0 bridgehead atoms. The summed E-state index contributed by atoms with van der Waals surface area (Å²) in [5, 5.41) is 3.29. The van der Waals surface area contributed by atoms with E-state index in [9.17, 15) is 4.79 Å². The van der Waals surface area contributed by atoms with Crippen LogP contribution in [0.3, 0.4) is 0 Å². The van der Waals surface area contributed by atoms with E-state index in [1.807, 2.05) is 13.8 Å². The number of rotatable bonds is 5. The highest BCUT2D eigenvalue weighted by Gasteiger charge is 2.14. The molecule has 3 N–H and O–H groups in total. The molecule has 0 saturated heterocycles. The standard InChI is InChI=1S/C9H15N3OS2/c1-3-4-11-8(13)6(2)14-7-5-12-9(10)15-7/h5-6H,3-4H2,1-2H3,(H2,10,12)(H,11,13). The quantitative estimate of drug-likeness (QED) is 0.775. The molecule has 1 rings (SSSR count). The van der Waals surface area contributed by atoms with E-state index < -0.39 is 0 Å². The Balaban J connectivity index is 2.41. The van der Waals surface area contributed by atoms with Crippen LogP contribution in [0, 0.1) is 0 Å². The maximum absolute atomic E-state index is 11.5. The smallest absolute Gasteiger partial charge is 0.233 e. The number of carbonyl (C=O) groups excluding carboxylic acids is 1. The number of nitrogens with two attached hydrogens (primary N) is 1. The molecule has 1 heterocycles. The average molecular weight is 245 g/mol. The highest BCUT2D eigenvalue weighted by Crippen LogP contribution is 2.29. The van der Waals surface area contributed by atoms with E-state index in [1.54, 1.807) is 6.20 Å². The van der Waals surface area contributed by atoms with Crippen molar-refractivity contribution in [1.29, 1.82) is 0 Å². The predicted molar refractivity (Wildman–Crippen MR) is 65.1 cm³/mol. The second-order valence-corrected chi connectivity index (χ2v) is 5.77. The zero-order valence-corrected chi connectivity index (χ0v) is 10.5. The van der Waals surface area contributed by atoms with Crippen molar-refractivity contribution in [3.63, 3.8) is 0 Å². The molecule has 0 aromatic carbocycles. The Morgan fingerprint density at radius 1 is 1.80 bits per heavy atom. The first kappa shape index (κ1) is 12.3. The molecule has 0 aliphatic heterocycles. The number of nitrogen functional groups attached to an aromatic ring is 1. The van der Waals surface area contributed by atoms with Gasteiger partial charge in [0.2, 0.25) is 5.91 Å². The Bertz CT molecular complexity index is 327. The molecule has 0 fully saturated rings. The van der Waals surface area contributed by atoms with Crippen molar-refractivity contribution in [1.82, 2.24) is 10.3 Å². The largest absolute Gasteiger partial charge is 0.375 e. The van der Waals surface area contributed by atoms with Crippen molar-refractivity contribution in [2.45, 2.75) is 29.7 Å². The van der Waals surface area contributed by atoms with Crippen LogP contribution in [0.2, 0.25) is 0 Å². The third-order valence-corrected chi connectivity index (χ3v) is 3.78. The highest BCUT2D eigenvalue weighted by atomic mass is 32.2. The fourth-order valence-electron chi connectivity index (χ4n) is 0.946. The van der Waals surface area contributed by atoms with E-state index >= 15 is 0 Å². The van der Waals surface area contributed by atoms with Gasteiger partial charge in [0, 0.05) is 6.54 Å². The second-order valence-electron chi connectivity index (χ2n) is 3.07. The van der Waals surface area contributed by atoms with Gasteiger partial charge in [0.1, 0.15) is 0 Å². The molecule has 1 amide bonds. The van der Waals surface area contributed by atoms with Crippen molar-refractivity contribution >= 4 is 34.1 Å². The summed E-state index contributed by atoms with van der Waals surface area (Å²) >= 11 is 2.89. The monoisotopic (exact) mass is 245 g/mol. The third-order valence-electron chi connectivity index (χ3n) is 1.71. The molecular formula is C9H15N3OS2. The van der Waals surface area contributed by atoms with Crippen LogP contribution in [0.1, 0.15) is 20.3 Å². The van der Waals surface area contributed by atoms with Crippen LogP contribution in [-0.4, -0.2) is 22.7 Å². The van der Waals surface area contributed by atoms with Crippen molar-refractivity contribution in [3.8, 4) is 0 Å². The average Bonchev–Trinajstić information content (AvgIpc) is 2.60. The zero-order valence-electron chi connectivity index (χ0n) is 8.82. The first-order chi connectivity index (χ1) is 7.13. The van der Waals surface area contributed by atoms with Crippen LogP contribution in [0.15, 0.2) is 10.4 Å². The van der Waals surface area contributed by atoms with Crippen molar-refractivity contribution < 1.29 is 4.79 Å². The topological polar surface area (TPSA) is 68.0 Å². The van der Waals surface area contributed by atoms with Crippen LogP contribution in [0.4, 0.5) is 5.13 Å². The Labute approximate surface area is 97.7 Å². The molecular weight excluding hydrogens is 230 g/mol. The maximum Gasteiger partial charge on any atom is 0.233 e. The van der Waals surface area contributed by atoms with E-state index in [0.29, 0.717) is 5.13 Å². The first-order valence-electron chi connectivity index (χ1n) is 4.79. The molecule has 1 atom stereocenters. The molecule has 1 aromatic heterocycles. The van der Waals surface area contributed by atoms with E-state index in [1.165, 1.54) is 23.1 Å². The van der Waals surface area contributed by atoms with Crippen LogP contribution < -0.4 is 11.1 Å². The number of aromatic nitrogens is 1. The molecule has 4 nitrogen and oxygen atoms in total. The van der Waals surface area contributed by atoms with Crippen LogP contribution in [0.5, 0.6) is 0 Å². The lowest BCUT2D eigenvalue weighted by Gasteiger charge is -2.09. The van der Waals surface area contributed by atoms with Gasteiger partial charge in [-0.15, -0.1) is 11.8 Å². The van der Waals surface area contributed by atoms with Crippen molar-refractivity contribution in [3.05, 3.63) is 6.20 Å². The summed E-state index contributed by atoms with van der Waals surface area (Å²) in [5.74, 6) is 0.0637. The van der Waals surface area contributed by atoms with Gasteiger partial charge in [-0.25, -0.2) is 4.98 Å². The summed E-state index contributed by atoms with van der Waals surface area (Å²) in [6.07, 6.45) is 2.66. The van der Waals surface area contributed by atoms with Gasteiger partial charge < -0.3 is 11.1 Å². The number of anilines is 1. The zero-order chi connectivity index (χ0) is 11.3. The number of hydrogen-bond acceptors (Lipinski definition) is 5. The van der Waals surface area contributed by atoms with Gasteiger partial charge >= 0.3 is 0 Å². The first-order valence-corrected chi connectivity index (χ1v) is 6.48. The fourth-order valence-corrected chi connectivity index (χ4v) is 2.90. The molecule has 0 spiro atoms. The van der Waals surface area contributed by atoms with E-state index in [0.717, 1.165) is 17.2 Å². The minimum Gasteiger partial charge on any atom is -0.375 e. The third kappa shape index (κ3) is 4.09. The highest BCUT2D eigenvalue weighted by molar-refractivity contribution is 8.02. The van der Waals surface area contributed by atoms with Crippen LogP contribution in [-0.2, 0) is 4.79 Å². The summed E-state index contributed by atoms with van der Waals surface area (Å²) in [6.45, 7) is 4.64. The van der Waals surface area contributed by atoms with Crippen molar-refractivity contribution in [2.75, 3.05) is 12.3 Å². The normalized spacial score (nSPS) is 12.4. The molecule has 0 radical (unpaired) electrons. The van der Waals surface area contributed by atoms with Gasteiger partial charge in [-0.1, -0.05) is 18.3 Å². The fraction of sp³-hybridized carbons (Fsp3) is 0.556. The molecule has 1 unspecified atom stereocenters. The molecule has 1 aromatic rings.